The Morgan fingerprint density at radius 3 is 2.68 bits per heavy atom. The van der Waals surface area contributed by atoms with Gasteiger partial charge >= 0.3 is 0 Å². The Kier molecular flexibility index (Phi) is 6.65. The van der Waals surface area contributed by atoms with Crippen molar-refractivity contribution in [3.05, 3.63) is 66.0 Å². The molecule has 0 aliphatic heterocycles. The smallest absolute Gasteiger partial charge is 0.234 e. The first kappa shape index (κ1) is 19.5. The molecule has 0 spiro atoms. The van der Waals surface area contributed by atoms with Crippen LogP contribution in [0, 0.1) is 11.3 Å². The molecule has 0 atom stereocenters. The third-order valence-corrected chi connectivity index (χ3v) is 4.84. The lowest BCUT2D eigenvalue weighted by Gasteiger charge is -2.09. The Morgan fingerprint density at radius 2 is 1.93 bits per heavy atom. The predicted octanol–water partition coefficient (Wildman–Crippen LogP) is 3.48. The van der Waals surface area contributed by atoms with Crippen LogP contribution in [0.2, 0.25) is 0 Å². The van der Waals surface area contributed by atoms with E-state index in [0.29, 0.717) is 35.4 Å². The average Bonchev–Trinajstić information content (AvgIpc) is 3.13. The SMILES string of the molecule is CCn1c(COc2ccccc2)nnc1SCC(=O)Nc1ccccc1C#N. The topological polar surface area (TPSA) is 92.8 Å². The predicted molar refractivity (Wildman–Crippen MR) is 107 cm³/mol. The van der Waals surface area contributed by atoms with E-state index in [0.717, 1.165) is 5.75 Å². The Labute approximate surface area is 167 Å². The van der Waals surface area contributed by atoms with Gasteiger partial charge in [0.25, 0.3) is 0 Å². The molecule has 0 saturated heterocycles. The fourth-order valence-electron chi connectivity index (χ4n) is 2.52. The number of carbonyl (C=O) groups excluding carboxylic acids is 1. The second-order valence-corrected chi connectivity index (χ2v) is 6.68. The number of nitrogens with zero attached hydrogens (tertiary/aromatic N) is 4. The van der Waals surface area contributed by atoms with E-state index in [4.69, 9.17) is 10.00 Å². The molecule has 1 heterocycles. The zero-order valence-corrected chi connectivity index (χ0v) is 16.1. The summed E-state index contributed by atoms with van der Waals surface area (Å²) in [5.41, 5.74) is 0.933. The van der Waals surface area contributed by atoms with Crippen molar-refractivity contribution in [1.82, 2.24) is 14.8 Å². The number of benzene rings is 2. The van der Waals surface area contributed by atoms with Crippen LogP contribution in [-0.2, 0) is 17.9 Å². The lowest BCUT2D eigenvalue weighted by Crippen LogP contribution is -2.15. The molecular weight excluding hydrogens is 374 g/mol. The van der Waals surface area contributed by atoms with Gasteiger partial charge in [-0.2, -0.15) is 5.26 Å². The summed E-state index contributed by atoms with van der Waals surface area (Å²) in [6.45, 7) is 2.96. The molecule has 7 nitrogen and oxygen atoms in total. The van der Waals surface area contributed by atoms with Crippen LogP contribution in [0.25, 0.3) is 0 Å². The Morgan fingerprint density at radius 1 is 1.18 bits per heavy atom. The average molecular weight is 393 g/mol. The minimum absolute atomic E-state index is 0.164. The van der Waals surface area contributed by atoms with Gasteiger partial charge in [-0.25, -0.2) is 0 Å². The van der Waals surface area contributed by atoms with Crippen molar-refractivity contribution in [3.8, 4) is 11.8 Å². The summed E-state index contributed by atoms with van der Waals surface area (Å²) < 4.78 is 7.66. The van der Waals surface area contributed by atoms with Crippen LogP contribution >= 0.6 is 11.8 Å². The monoisotopic (exact) mass is 393 g/mol. The lowest BCUT2D eigenvalue weighted by molar-refractivity contribution is -0.113. The number of carbonyl (C=O) groups is 1. The molecule has 2 aromatic carbocycles. The van der Waals surface area contributed by atoms with Gasteiger partial charge in [0, 0.05) is 6.54 Å². The number of para-hydroxylation sites is 2. The number of aromatic nitrogens is 3. The lowest BCUT2D eigenvalue weighted by atomic mass is 10.2. The van der Waals surface area contributed by atoms with E-state index in [1.165, 1.54) is 11.8 Å². The van der Waals surface area contributed by atoms with Gasteiger partial charge < -0.3 is 14.6 Å². The third kappa shape index (κ3) is 4.90. The van der Waals surface area contributed by atoms with Crippen LogP contribution in [0.5, 0.6) is 5.75 Å². The molecule has 0 fully saturated rings. The van der Waals surface area contributed by atoms with Gasteiger partial charge in [-0.15, -0.1) is 10.2 Å². The molecular formula is C20H19N5O2S. The number of hydrogen-bond acceptors (Lipinski definition) is 6. The first-order valence-corrected chi connectivity index (χ1v) is 9.71. The number of nitriles is 1. The van der Waals surface area contributed by atoms with Gasteiger partial charge in [0.2, 0.25) is 5.91 Å². The first-order valence-electron chi connectivity index (χ1n) is 8.73. The number of rotatable bonds is 8. The van der Waals surface area contributed by atoms with E-state index in [-0.39, 0.29) is 11.7 Å². The molecule has 142 valence electrons. The van der Waals surface area contributed by atoms with E-state index >= 15 is 0 Å². The Balaban J connectivity index is 1.59. The minimum Gasteiger partial charge on any atom is -0.486 e. The van der Waals surface area contributed by atoms with E-state index in [9.17, 15) is 4.79 Å². The van der Waals surface area contributed by atoms with Crippen LogP contribution < -0.4 is 10.1 Å². The summed E-state index contributed by atoms with van der Waals surface area (Å²) in [5, 5.41) is 20.9. The molecule has 0 radical (unpaired) electrons. The van der Waals surface area contributed by atoms with Gasteiger partial charge in [0.15, 0.2) is 11.0 Å². The minimum atomic E-state index is -0.208. The summed E-state index contributed by atoms with van der Waals surface area (Å²) >= 11 is 1.29. The largest absolute Gasteiger partial charge is 0.486 e. The van der Waals surface area contributed by atoms with E-state index in [1.54, 1.807) is 24.3 Å². The van der Waals surface area contributed by atoms with Crippen LogP contribution in [0.4, 0.5) is 5.69 Å². The van der Waals surface area contributed by atoms with Crippen LogP contribution in [0.3, 0.4) is 0 Å². The van der Waals surface area contributed by atoms with Crippen molar-refractivity contribution in [1.29, 1.82) is 5.26 Å². The highest BCUT2D eigenvalue weighted by atomic mass is 32.2. The van der Waals surface area contributed by atoms with Gasteiger partial charge in [-0.1, -0.05) is 42.1 Å². The summed E-state index contributed by atoms with van der Waals surface area (Å²) in [4.78, 5) is 12.2. The molecule has 1 amide bonds. The molecule has 8 heteroatoms. The maximum atomic E-state index is 12.2. The highest BCUT2D eigenvalue weighted by Gasteiger charge is 2.14. The molecule has 1 N–H and O–H groups in total. The molecule has 0 unspecified atom stereocenters. The number of nitrogens with one attached hydrogen (secondary N) is 1. The van der Waals surface area contributed by atoms with Gasteiger partial charge in [0.1, 0.15) is 18.4 Å². The van der Waals surface area contributed by atoms with Crippen molar-refractivity contribution in [2.45, 2.75) is 25.2 Å². The Hall–Kier alpha value is -3.31. The van der Waals surface area contributed by atoms with Crippen molar-refractivity contribution in [3.63, 3.8) is 0 Å². The van der Waals surface area contributed by atoms with Gasteiger partial charge in [-0.3, -0.25) is 4.79 Å². The second kappa shape index (κ2) is 9.58. The highest BCUT2D eigenvalue weighted by molar-refractivity contribution is 7.99. The molecule has 3 rings (SSSR count). The standard InChI is InChI=1S/C20H19N5O2S/c1-2-25-18(13-27-16-9-4-3-5-10-16)23-24-20(25)28-14-19(26)22-17-11-7-6-8-15(17)12-21/h3-11H,2,13-14H2,1H3,(H,22,26). The van der Waals surface area contributed by atoms with Crippen molar-refractivity contribution in [2.24, 2.45) is 0 Å². The zero-order valence-electron chi connectivity index (χ0n) is 15.3. The molecule has 0 bridgehead atoms. The quantitative estimate of drug-likeness (QED) is 0.589. The van der Waals surface area contributed by atoms with Crippen molar-refractivity contribution in [2.75, 3.05) is 11.1 Å². The number of hydrogen-bond donors (Lipinski definition) is 1. The van der Waals surface area contributed by atoms with Crippen LogP contribution in [-0.4, -0.2) is 26.4 Å². The second-order valence-electron chi connectivity index (χ2n) is 5.74. The molecule has 1 aromatic heterocycles. The fraction of sp³-hybridized carbons (Fsp3) is 0.200. The number of amides is 1. The third-order valence-electron chi connectivity index (χ3n) is 3.87. The van der Waals surface area contributed by atoms with Crippen LogP contribution in [0.15, 0.2) is 59.8 Å². The normalized spacial score (nSPS) is 10.3. The highest BCUT2D eigenvalue weighted by Crippen LogP contribution is 2.20. The Bertz CT molecular complexity index is 982. The van der Waals surface area contributed by atoms with Gasteiger partial charge in [0.05, 0.1) is 17.0 Å². The fourth-order valence-corrected chi connectivity index (χ4v) is 3.34. The van der Waals surface area contributed by atoms with E-state index in [1.807, 2.05) is 41.8 Å². The number of ether oxygens (including phenoxy) is 1. The van der Waals surface area contributed by atoms with Crippen LogP contribution in [0.1, 0.15) is 18.3 Å². The molecule has 0 aliphatic rings. The van der Waals surface area contributed by atoms with Crippen molar-refractivity contribution < 1.29 is 9.53 Å². The molecule has 0 aliphatic carbocycles. The van der Waals surface area contributed by atoms with Crippen molar-refractivity contribution >= 4 is 23.4 Å². The molecule has 28 heavy (non-hydrogen) atoms. The maximum Gasteiger partial charge on any atom is 0.234 e. The number of anilines is 1. The molecule has 0 saturated carbocycles. The summed E-state index contributed by atoms with van der Waals surface area (Å²) in [6, 6.07) is 18.5. The summed E-state index contributed by atoms with van der Waals surface area (Å²) in [5.74, 6) is 1.42. The van der Waals surface area contributed by atoms with Gasteiger partial charge in [-0.05, 0) is 31.2 Å². The zero-order chi connectivity index (χ0) is 19.8. The summed E-state index contributed by atoms with van der Waals surface area (Å²) in [7, 11) is 0. The summed E-state index contributed by atoms with van der Waals surface area (Å²) in [6.07, 6.45) is 0. The van der Waals surface area contributed by atoms with E-state index in [2.05, 4.69) is 21.6 Å². The maximum absolute atomic E-state index is 12.2. The first-order chi connectivity index (χ1) is 13.7. The number of thioether (sulfide) groups is 1. The molecule has 3 aromatic rings. The van der Waals surface area contributed by atoms with E-state index < -0.39 is 0 Å².